The number of hydrogen-bond donors (Lipinski definition) is 0. The Bertz CT molecular complexity index is 543. The van der Waals surface area contributed by atoms with Crippen LogP contribution in [-0.2, 0) is 0 Å². The minimum absolute atomic E-state index is 0.430. The fraction of sp³-hybridized carbons (Fsp3) is 0.273. The van der Waals surface area contributed by atoms with Gasteiger partial charge in [0.25, 0.3) is 0 Å². The molecule has 2 aromatic heterocycles. The first-order valence-corrected chi connectivity index (χ1v) is 5.30. The van der Waals surface area contributed by atoms with Gasteiger partial charge in [0.15, 0.2) is 11.4 Å². The van der Waals surface area contributed by atoms with Gasteiger partial charge in [-0.25, -0.2) is 4.98 Å². The number of carbonyl (C=O) groups is 1. The number of halogens is 1. The molecule has 0 radical (unpaired) electrons. The summed E-state index contributed by atoms with van der Waals surface area (Å²) in [6.07, 6.45) is 5.07. The maximum atomic E-state index is 10.9. The summed E-state index contributed by atoms with van der Waals surface area (Å²) in [5, 5.41) is 0.430. The van der Waals surface area contributed by atoms with Gasteiger partial charge in [-0.05, 0) is 25.0 Å². The molecule has 1 saturated carbocycles. The van der Waals surface area contributed by atoms with Crippen LogP contribution in [0.5, 0.6) is 0 Å². The molecule has 0 atom stereocenters. The predicted octanol–water partition coefficient (Wildman–Crippen LogP) is 2.68. The average Bonchev–Trinajstić information content (AvgIpc) is 3.04. The molecule has 3 nitrogen and oxygen atoms in total. The van der Waals surface area contributed by atoms with E-state index >= 15 is 0 Å². The van der Waals surface area contributed by atoms with Crippen molar-refractivity contribution in [1.82, 2.24) is 9.38 Å². The third-order valence-corrected chi connectivity index (χ3v) is 3.01. The van der Waals surface area contributed by atoms with Gasteiger partial charge >= 0.3 is 0 Å². The molecule has 2 heterocycles. The molecule has 1 fully saturated rings. The molecule has 0 spiro atoms. The third kappa shape index (κ3) is 1.27. The summed E-state index contributed by atoms with van der Waals surface area (Å²) in [5.74, 6) is 1.51. The van der Waals surface area contributed by atoms with E-state index in [-0.39, 0.29) is 0 Å². The highest BCUT2D eigenvalue weighted by Crippen LogP contribution is 2.40. The Balaban J connectivity index is 2.36. The molecule has 15 heavy (non-hydrogen) atoms. The molecule has 76 valence electrons. The minimum Gasteiger partial charge on any atom is -0.301 e. The summed E-state index contributed by atoms with van der Waals surface area (Å²) in [7, 11) is 0. The lowest BCUT2D eigenvalue weighted by Gasteiger charge is -1.99. The molecule has 0 N–H and O–H groups in total. The van der Waals surface area contributed by atoms with E-state index in [1.807, 2.05) is 16.7 Å². The van der Waals surface area contributed by atoms with Crippen LogP contribution in [0.15, 0.2) is 18.3 Å². The van der Waals surface area contributed by atoms with Crippen LogP contribution in [0.1, 0.15) is 34.9 Å². The fourth-order valence-corrected chi connectivity index (χ4v) is 2.15. The van der Waals surface area contributed by atoms with Crippen molar-refractivity contribution in [3.8, 4) is 0 Å². The topological polar surface area (TPSA) is 34.4 Å². The standard InChI is InChI=1S/C11H9ClN2O/c12-10-9-8(6-15)2-1-5-14(9)11(13-10)7-3-4-7/h1-2,5-7H,3-4H2. The maximum Gasteiger partial charge on any atom is 0.155 e. The number of fused-ring (bicyclic) bond motifs is 1. The largest absolute Gasteiger partial charge is 0.301 e. The first kappa shape index (κ1) is 8.92. The quantitative estimate of drug-likeness (QED) is 0.730. The highest BCUT2D eigenvalue weighted by Gasteiger charge is 2.29. The van der Waals surface area contributed by atoms with Gasteiger partial charge in [0.1, 0.15) is 5.82 Å². The van der Waals surface area contributed by atoms with Gasteiger partial charge < -0.3 is 4.40 Å². The van der Waals surface area contributed by atoms with E-state index < -0.39 is 0 Å². The number of hydrogen-bond acceptors (Lipinski definition) is 2. The first-order chi connectivity index (χ1) is 7.31. The van der Waals surface area contributed by atoms with Crippen LogP contribution in [0.3, 0.4) is 0 Å². The number of nitrogens with zero attached hydrogens (tertiary/aromatic N) is 2. The molecule has 0 bridgehead atoms. The summed E-state index contributed by atoms with van der Waals surface area (Å²) in [6, 6.07) is 3.60. The second-order valence-electron chi connectivity index (χ2n) is 3.84. The van der Waals surface area contributed by atoms with E-state index in [0.717, 1.165) is 17.6 Å². The zero-order valence-electron chi connectivity index (χ0n) is 7.98. The second kappa shape index (κ2) is 3.07. The predicted molar refractivity (Wildman–Crippen MR) is 57.6 cm³/mol. The van der Waals surface area contributed by atoms with Crippen LogP contribution >= 0.6 is 11.6 Å². The van der Waals surface area contributed by atoms with Crippen LogP contribution in [0.2, 0.25) is 5.15 Å². The molecule has 0 aromatic carbocycles. The molecule has 0 unspecified atom stereocenters. The van der Waals surface area contributed by atoms with E-state index in [1.165, 1.54) is 12.8 Å². The Labute approximate surface area is 91.7 Å². The maximum absolute atomic E-state index is 10.9. The Morgan fingerprint density at radius 1 is 1.53 bits per heavy atom. The van der Waals surface area contributed by atoms with Crippen molar-refractivity contribution in [2.45, 2.75) is 18.8 Å². The van der Waals surface area contributed by atoms with Crippen molar-refractivity contribution in [2.24, 2.45) is 0 Å². The molecule has 0 saturated heterocycles. The smallest absolute Gasteiger partial charge is 0.155 e. The highest BCUT2D eigenvalue weighted by molar-refractivity contribution is 6.33. The lowest BCUT2D eigenvalue weighted by Crippen LogP contribution is -1.93. The Morgan fingerprint density at radius 2 is 2.33 bits per heavy atom. The highest BCUT2D eigenvalue weighted by atomic mass is 35.5. The molecule has 0 aliphatic heterocycles. The van der Waals surface area contributed by atoms with E-state index in [4.69, 9.17) is 11.6 Å². The monoisotopic (exact) mass is 220 g/mol. The van der Waals surface area contributed by atoms with Crippen molar-refractivity contribution < 1.29 is 4.79 Å². The van der Waals surface area contributed by atoms with E-state index in [2.05, 4.69) is 4.98 Å². The van der Waals surface area contributed by atoms with Gasteiger partial charge in [-0.1, -0.05) is 11.6 Å². The van der Waals surface area contributed by atoms with Crippen LogP contribution in [0.25, 0.3) is 5.52 Å². The summed E-state index contributed by atoms with van der Waals surface area (Å²) in [6.45, 7) is 0. The summed E-state index contributed by atoms with van der Waals surface area (Å²) < 4.78 is 1.93. The molecular weight excluding hydrogens is 212 g/mol. The Kier molecular flexibility index (Phi) is 1.83. The van der Waals surface area contributed by atoms with E-state index in [1.54, 1.807) is 6.07 Å². The van der Waals surface area contributed by atoms with Gasteiger partial charge in [-0.3, -0.25) is 4.79 Å². The Morgan fingerprint density at radius 3 is 3.00 bits per heavy atom. The zero-order chi connectivity index (χ0) is 10.4. The second-order valence-corrected chi connectivity index (χ2v) is 4.19. The van der Waals surface area contributed by atoms with Crippen LogP contribution in [0, 0.1) is 0 Å². The number of rotatable bonds is 2. The minimum atomic E-state index is 0.430. The van der Waals surface area contributed by atoms with Crippen molar-refractivity contribution in [2.75, 3.05) is 0 Å². The number of imidazole rings is 1. The molecule has 3 rings (SSSR count). The number of aldehydes is 1. The van der Waals surface area contributed by atoms with Crippen LogP contribution in [0.4, 0.5) is 0 Å². The molecule has 4 heteroatoms. The SMILES string of the molecule is O=Cc1cccn2c(C3CC3)nc(Cl)c12. The van der Waals surface area contributed by atoms with Crippen molar-refractivity contribution in [3.63, 3.8) is 0 Å². The molecule has 1 aliphatic carbocycles. The van der Waals surface area contributed by atoms with Gasteiger partial charge in [0.2, 0.25) is 0 Å². The van der Waals surface area contributed by atoms with Crippen molar-refractivity contribution in [3.05, 3.63) is 34.9 Å². The number of carbonyl (C=O) groups excluding carboxylic acids is 1. The van der Waals surface area contributed by atoms with E-state index in [9.17, 15) is 4.79 Å². The van der Waals surface area contributed by atoms with Crippen LogP contribution in [-0.4, -0.2) is 15.7 Å². The molecule has 1 aliphatic rings. The normalized spacial score (nSPS) is 15.8. The average molecular weight is 221 g/mol. The van der Waals surface area contributed by atoms with Gasteiger partial charge in [0.05, 0.1) is 5.52 Å². The zero-order valence-corrected chi connectivity index (χ0v) is 8.74. The summed E-state index contributed by atoms with van der Waals surface area (Å²) in [4.78, 5) is 15.2. The lowest BCUT2D eigenvalue weighted by molar-refractivity contribution is 0.112. The van der Waals surface area contributed by atoms with Gasteiger partial charge in [0, 0.05) is 17.7 Å². The van der Waals surface area contributed by atoms with Crippen LogP contribution < -0.4 is 0 Å². The molecule has 2 aromatic rings. The van der Waals surface area contributed by atoms with Gasteiger partial charge in [-0.15, -0.1) is 0 Å². The summed E-state index contributed by atoms with van der Waals surface area (Å²) in [5.41, 5.74) is 1.33. The number of aromatic nitrogens is 2. The summed E-state index contributed by atoms with van der Waals surface area (Å²) >= 11 is 6.04. The molecule has 0 amide bonds. The third-order valence-electron chi connectivity index (χ3n) is 2.75. The van der Waals surface area contributed by atoms with E-state index in [0.29, 0.717) is 16.6 Å². The van der Waals surface area contributed by atoms with Crippen molar-refractivity contribution in [1.29, 1.82) is 0 Å². The van der Waals surface area contributed by atoms with Gasteiger partial charge in [-0.2, -0.15) is 0 Å². The fourth-order valence-electron chi connectivity index (χ4n) is 1.87. The first-order valence-electron chi connectivity index (χ1n) is 4.93. The lowest BCUT2D eigenvalue weighted by atomic mass is 10.2. The van der Waals surface area contributed by atoms with Crippen molar-refractivity contribution >= 4 is 23.4 Å². The molecular formula is C11H9ClN2O. The Hall–Kier alpha value is -1.35. The number of pyridine rings is 1.